The maximum atomic E-state index is 14.8. The van der Waals surface area contributed by atoms with E-state index in [-0.39, 0.29) is 22.1 Å². The van der Waals surface area contributed by atoms with Crippen LogP contribution in [0.15, 0.2) is 60.8 Å². The second-order valence-corrected chi connectivity index (χ2v) is 8.10. The van der Waals surface area contributed by atoms with E-state index in [9.17, 15) is 18.0 Å². The number of pyridine rings is 1. The van der Waals surface area contributed by atoms with Gasteiger partial charge in [0.15, 0.2) is 28.2 Å². The summed E-state index contributed by atoms with van der Waals surface area (Å²) < 4.78 is 58.3. The topological polar surface area (TPSA) is 81.7 Å². The normalized spacial score (nSPS) is 10.6. The summed E-state index contributed by atoms with van der Waals surface area (Å²) in [6.45, 7) is 0. The summed E-state index contributed by atoms with van der Waals surface area (Å²) >= 11 is 5.07. The largest absolute Gasteiger partial charge is 0.493 e. The van der Waals surface area contributed by atoms with Crippen LogP contribution in [0, 0.1) is 17.5 Å². The van der Waals surface area contributed by atoms with Gasteiger partial charge < -0.3 is 24.8 Å². The molecular weight excluding hydrogens is 507 g/mol. The molecule has 3 aromatic carbocycles. The minimum Gasteiger partial charge on any atom is -0.493 e. The average molecular weight is 528 g/mol. The zero-order valence-corrected chi connectivity index (χ0v) is 20.4. The first kappa shape index (κ1) is 25.7. The maximum Gasteiger partial charge on any atom is 0.230 e. The van der Waals surface area contributed by atoms with Crippen LogP contribution in [0.3, 0.4) is 0 Å². The van der Waals surface area contributed by atoms with E-state index in [1.165, 1.54) is 32.5 Å². The number of benzene rings is 3. The maximum absolute atomic E-state index is 14.8. The van der Waals surface area contributed by atoms with Crippen LogP contribution in [0.4, 0.5) is 18.9 Å². The lowest BCUT2D eigenvalue weighted by atomic mass is 10.1. The number of nitrogens with zero attached hydrogens (tertiary/aromatic N) is 1. The first-order chi connectivity index (χ1) is 17.8. The summed E-state index contributed by atoms with van der Waals surface area (Å²) in [7, 11) is 3.01. The number of halogens is 3. The number of hydrogen-bond acceptors (Lipinski definition) is 6. The molecule has 0 saturated carbocycles. The lowest BCUT2D eigenvalue weighted by molar-refractivity contribution is -0.119. The molecule has 0 fully saturated rings. The smallest absolute Gasteiger partial charge is 0.230 e. The highest BCUT2D eigenvalue weighted by Gasteiger charge is 2.15. The van der Waals surface area contributed by atoms with Crippen LogP contribution in [0.1, 0.15) is 5.56 Å². The monoisotopic (exact) mass is 527 g/mol. The Labute approximate surface area is 215 Å². The zero-order valence-electron chi connectivity index (χ0n) is 19.6. The van der Waals surface area contributed by atoms with Crippen LogP contribution >= 0.6 is 12.2 Å². The van der Waals surface area contributed by atoms with Crippen molar-refractivity contribution in [2.24, 2.45) is 0 Å². The van der Waals surface area contributed by atoms with Gasteiger partial charge in [0.25, 0.3) is 0 Å². The molecule has 7 nitrogen and oxygen atoms in total. The summed E-state index contributed by atoms with van der Waals surface area (Å²) in [5.74, 6) is -1.52. The fraction of sp³-hybridized carbons (Fsp3) is 0.115. The molecule has 0 spiro atoms. The number of hydrogen-bond donors (Lipinski definition) is 2. The van der Waals surface area contributed by atoms with Crippen molar-refractivity contribution in [3.05, 3.63) is 83.8 Å². The number of fused-ring (bicyclic) bond motifs is 1. The van der Waals surface area contributed by atoms with Crippen molar-refractivity contribution in [1.29, 1.82) is 0 Å². The SMILES string of the molecule is COc1cc2nccc(Oc3ccc(NC(=S)NC(=O)Cc4cc(F)ccc4F)cc3F)c2cc1OC. The van der Waals surface area contributed by atoms with Crippen molar-refractivity contribution in [3.8, 4) is 23.0 Å². The van der Waals surface area contributed by atoms with Crippen LogP contribution in [-0.4, -0.2) is 30.2 Å². The molecule has 0 radical (unpaired) electrons. The third-order valence-corrected chi connectivity index (χ3v) is 5.43. The number of amides is 1. The molecule has 0 atom stereocenters. The second-order valence-electron chi connectivity index (χ2n) is 7.70. The van der Waals surface area contributed by atoms with Crippen molar-refractivity contribution in [1.82, 2.24) is 10.3 Å². The molecule has 4 aromatic rings. The summed E-state index contributed by atoms with van der Waals surface area (Å²) in [5.41, 5.74) is 0.679. The van der Waals surface area contributed by atoms with Crippen LogP contribution in [0.5, 0.6) is 23.0 Å². The van der Waals surface area contributed by atoms with Crippen molar-refractivity contribution in [2.75, 3.05) is 19.5 Å². The first-order valence-corrected chi connectivity index (χ1v) is 11.2. The molecule has 2 N–H and O–H groups in total. The molecule has 0 bridgehead atoms. The molecular formula is C26H20F3N3O4S. The van der Waals surface area contributed by atoms with Gasteiger partial charge in [-0.3, -0.25) is 9.78 Å². The van der Waals surface area contributed by atoms with Gasteiger partial charge in [-0.1, -0.05) is 0 Å². The van der Waals surface area contributed by atoms with Gasteiger partial charge >= 0.3 is 0 Å². The number of thiocarbonyl (C=S) groups is 1. The quantitative estimate of drug-likeness (QED) is 0.307. The standard InChI is InChI=1S/C26H20F3N3O4S/c1-34-23-12-17-20(13-24(23)35-2)30-8-7-21(17)36-22-6-4-16(11-19(22)29)31-26(37)32-25(33)10-14-9-15(27)3-5-18(14)28/h3-9,11-13H,10H2,1-2H3,(H2,31,32,33,37). The lowest BCUT2D eigenvalue weighted by Crippen LogP contribution is -2.35. The molecule has 1 heterocycles. The molecule has 0 unspecified atom stereocenters. The van der Waals surface area contributed by atoms with Gasteiger partial charge in [0.2, 0.25) is 5.91 Å². The van der Waals surface area contributed by atoms with Crippen LogP contribution in [0.2, 0.25) is 0 Å². The molecule has 0 aliphatic carbocycles. The van der Waals surface area contributed by atoms with E-state index in [1.54, 1.807) is 18.2 Å². The Kier molecular flexibility index (Phi) is 7.73. The summed E-state index contributed by atoms with van der Waals surface area (Å²) in [4.78, 5) is 16.4. The van der Waals surface area contributed by atoms with E-state index in [1.807, 2.05) is 0 Å². The summed E-state index contributed by atoms with van der Waals surface area (Å²) in [5, 5.41) is 5.46. The minimum atomic E-state index is -0.715. The summed E-state index contributed by atoms with van der Waals surface area (Å²) in [6, 6.07) is 11.8. The number of aromatic nitrogens is 1. The van der Waals surface area contributed by atoms with Gasteiger partial charge in [-0.25, -0.2) is 13.2 Å². The van der Waals surface area contributed by atoms with Crippen molar-refractivity contribution >= 4 is 39.8 Å². The minimum absolute atomic E-state index is 0.0654. The van der Waals surface area contributed by atoms with Crippen LogP contribution < -0.4 is 24.8 Å². The molecule has 11 heteroatoms. The van der Waals surface area contributed by atoms with Gasteiger partial charge in [-0.2, -0.15) is 0 Å². The Balaban J connectivity index is 1.44. The number of carbonyl (C=O) groups excluding carboxylic acids is 1. The van der Waals surface area contributed by atoms with Crippen LogP contribution in [-0.2, 0) is 11.2 Å². The third-order valence-electron chi connectivity index (χ3n) is 5.23. The van der Waals surface area contributed by atoms with Gasteiger partial charge in [-0.15, -0.1) is 0 Å². The molecule has 1 amide bonds. The number of anilines is 1. The first-order valence-electron chi connectivity index (χ1n) is 10.8. The number of carbonyl (C=O) groups is 1. The second kappa shape index (κ2) is 11.1. The van der Waals surface area contributed by atoms with E-state index < -0.39 is 29.8 Å². The number of nitrogens with one attached hydrogen (secondary N) is 2. The Morgan fingerprint density at radius 2 is 1.65 bits per heavy atom. The van der Waals surface area contributed by atoms with Gasteiger partial charge in [0.1, 0.15) is 17.4 Å². The Hall–Kier alpha value is -4.38. The van der Waals surface area contributed by atoms with Crippen molar-refractivity contribution < 1.29 is 32.2 Å². The molecule has 37 heavy (non-hydrogen) atoms. The molecule has 1 aromatic heterocycles. The van der Waals surface area contributed by atoms with E-state index in [2.05, 4.69) is 15.6 Å². The Morgan fingerprint density at radius 3 is 2.38 bits per heavy atom. The molecule has 0 saturated heterocycles. The molecule has 190 valence electrons. The van der Waals surface area contributed by atoms with Gasteiger partial charge in [0, 0.05) is 35.0 Å². The molecule has 0 aliphatic rings. The van der Waals surface area contributed by atoms with Crippen molar-refractivity contribution in [2.45, 2.75) is 6.42 Å². The third kappa shape index (κ3) is 6.07. The van der Waals surface area contributed by atoms with E-state index in [0.717, 1.165) is 24.3 Å². The van der Waals surface area contributed by atoms with Crippen LogP contribution in [0.25, 0.3) is 10.9 Å². The fourth-order valence-electron chi connectivity index (χ4n) is 3.50. The highest BCUT2D eigenvalue weighted by molar-refractivity contribution is 7.80. The van der Waals surface area contributed by atoms with E-state index >= 15 is 0 Å². The predicted octanol–water partition coefficient (Wildman–Crippen LogP) is 5.52. The fourth-order valence-corrected chi connectivity index (χ4v) is 3.73. The molecule has 0 aliphatic heterocycles. The number of ether oxygens (including phenoxy) is 3. The zero-order chi connectivity index (χ0) is 26.5. The molecule has 4 rings (SSSR count). The van der Waals surface area contributed by atoms with Gasteiger partial charge in [0.05, 0.1) is 26.2 Å². The van der Waals surface area contributed by atoms with Crippen molar-refractivity contribution in [3.63, 3.8) is 0 Å². The number of methoxy groups -OCH3 is 2. The lowest BCUT2D eigenvalue weighted by Gasteiger charge is -2.14. The van der Waals surface area contributed by atoms with Gasteiger partial charge in [-0.05, 0) is 54.7 Å². The highest BCUT2D eigenvalue weighted by atomic mass is 32.1. The Morgan fingerprint density at radius 1 is 0.892 bits per heavy atom. The summed E-state index contributed by atoms with van der Waals surface area (Å²) in [6.07, 6.45) is 1.09. The number of rotatable bonds is 7. The average Bonchev–Trinajstić information content (AvgIpc) is 2.87. The van der Waals surface area contributed by atoms with E-state index in [0.29, 0.717) is 28.2 Å². The van der Waals surface area contributed by atoms with E-state index in [4.69, 9.17) is 26.4 Å². The Bertz CT molecular complexity index is 1500. The predicted molar refractivity (Wildman–Crippen MR) is 136 cm³/mol. The highest BCUT2D eigenvalue weighted by Crippen LogP contribution is 2.37.